The molecule has 0 saturated carbocycles. The minimum absolute atomic E-state index is 0.00230. The van der Waals surface area contributed by atoms with Crippen LogP contribution in [0.1, 0.15) is 12.5 Å². The average Bonchev–Trinajstić information content (AvgIpc) is 3.83. The Morgan fingerprint density at radius 1 is 0.939 bits per heavy atom. The molecule has 10 atom stereocenters. The van der Waals surface area contributed by atoms with Gasteiger partial charge in [0.25, 0.3) is 0 Å². The van der Waals surface area contributed by atoms with Crippen molar-refractivity contribution in [1.82, 2.24) is 39.0 Å². The van der Waals surface area contributed by atoms with Crippen molar-refractivity contribution in [3.05, 3.63) is 31.1 Å². The molecule has 0 radical (unpaired) electrons. The van der Waals surface area contributed by atoms with Crippen LogP contribution in [0.3, 0.4) is 0 Å². The van der Waals surface area contributed by atoms with Crippen molar-refractivity contribution in [2.45, 2.75) is 49.2 Å². The average molecular weight is 749 g/mol. The minimum Gasteiger partial charge on any atom is -0.472 e. The van der Waals surface area contributed by atoms with Gasteiger partial charge in [-0.1, -0.05) is 6.08 Å². The fraction of sp³-hybridized carbons (Fsp3) is 0.500. The number of nitrogens with two attached hydrogens (primary N) is 1. The number of aromatic nitrogens is 8. The number of aliphatic hydroxyl groups excluding tert-OH is 2. The monoisotopic (exact) mass is 748 g/mol. The van der Waals surface area contributed by atoms with Crippen LogP contribution in [-0.2, 0) is 27.7 Å². The molecule has 49 heavy (non-hydrogen) atoms. The van der Waals surface area contributed by atoms with Gasteiger partial charge in [0.2, 0.25) is 11.8 Å². The number of nitrogen functional groups attached to an aromatic ring is 1. The summed E-state index contributed by atoms with van der Waals surface area (Å²) in [6.45, 7) is -1.01. The third kappa shape index (κ3) is 7.17. The summed E-state index contributed by atoms with van der Waals surface area (Å²) < 4.78 is 82.2. The molecule has 0 amide bonds. The summed E-state index contributed by atoms with van der Waals surface area (Å²) in [5.41, 5.74) is 6.58. The fourth-order valence-electron chi connectivity index (χ4n) is 5.39. The highest BCUT2D eigenvalue weighted by Gasteiger charge is 2.52. The van der Waals surface area contributed by atoms with Gasteiger partial charge in [0.05, 0.1) is 25.9 Å². The van der Waals surface area contributed by atoms with Crippen LogP contribution in [0.2, 0.25) is 0 Å². The van der Waals surface area contributed by atoms with Gasteiger partial charge < -0.3 is 35.5 Å². The Balaban J connectivity index is 1.09. The number of hydrogen-bond donors (Lipinski definition) is 6. The highest BCUT2D eigenvalue weighted by molar-refractivity contribution is 8.39. The van der Waals surface area contributed by atoms with Gasteiger partial charge in [-0.3, -0.25) is 9.13 Å². The summed E-state index contributed by atoms with van der Waals surface area (Å²) in [5, 5.41) is 22.2. The normalized spacial score (nSPS) is 27.8. The van der Waals surface area contributed by atoms with Crippen molar-refractivity contribution < 1.29 is 56.3 Å². The summed E-state index contributed by atoms with van der Waals surface area (Å²) in [6, 6.07) is 0. The Hall–Kier alpha value is -3.63. The first-order chi connectivity index (χ1) is 23.6. The Labute approximate surface area is 280 Å². The number of imidazole rings is 2. The molecule has 6 heterocycles. The second kappa shape index (κ2) is 15.1. The van der Waals surface area contributed by atoms with Crippen LogP contribution in [0.4, 0.5) is 20.5 Å². The molecule has 0 aliphatic carbocycles. The van der Waals surface area contributed by atoms with Crippen LogP contribution in [-0.4, -0.2) is 117 Å². The van der Waals surface area contributed by atoms with Gasteiger partial charge >= 0.3 is 15.5 Å². The molecule has 5 unspecified atom stereocenters. The smallest absolute Gasteiger partial charge is 0.472 e. The maximum atomic E-state index is 15.3. The zero-order valence-corrected chi connectivity index (χ0v) is 27.5. The van der Waals surface area contributed by atoms with Gasteiger partial charge in [0.1, 0.15) is 37.4 Å². The maximum Gasteiger partial charge on any atom is 0.695 e. The lowest BCUT2D eigenvalue weighted by atomic mass is 10.1. The predicted molar refractivity (Wildman–Crippen MR) is 166 cm³/mol. The third-order valence-electron chi connectivity index (χ3n) is 7.50. The SMILES string of the molecule is Nc1nc(OC/C=C/CNc2ncnc3c2ncn3C2OC(CO)[C@@H](O[P+](=O)O)[C@H]2F)c2ncn([C@@H]3OC(CO)[C@@H](O[P+](=O)S)[C@H]3F)c2n1. The molecular weight excluding hydrogens is 720 g/mol. The van der Waals surface area contributed by atoms with Crippen molar-refractivity contribution in [2.75, 3.05) is 37.4 Å². The Morgan fingerprint density at radius 3 is 2.20 bits per heavy atom. The summed E-state index contributed by atoms with van der Waals surface area (Å²) in [6.07, 6.45) is -4.51. The van der Waals surface area contributed by atoms with E-state index in [9.17, 15) is 19.3 Å². The Bertz CT molecular complexity index is 1880. The van der Waals surface area contributed by atoms with Gasteiger partial charge in [0.15, 0.2) is 65.2 Å². The molecule has 0 spiro atoms. The van der Waals surface area contributed by atoms with Crippen LogP contribution in [0.15, 0.2) is 31.1 Å². The molecule has 25 heteroatoms. The number of ether oxygens (including phenoxy) is 3. The summed E-state index contributed by atoms with van der Waals surface area (Å²) in [7, 11) is -5.61. The van der Waals surface area contributed by atoms with Gasteiger partial charge in [-0.15, -0.1) is 13.9 Å². The lowest BCUT2D eigenvalue weighted by Gasteiger charge is -2.15. The highest BCUT2D eigenvalue weighted by Crippen LogP contribution is 2.42. The van der Waals surface area contributed by atoms with Gasteiger partial charge in [-0.25, -0.2) is 28.7 Å². The molecule has 6 N–H and O–H groups in total. The molecule has 4 aromatic heterocycles. The van der Waals surface area contributed by atoms with Crippen LogP contribution in [0.25, 0.3) is 22.3 Å². The van der Waals surface area contributed by atoms with E-state index < -0.39 is 77.9 Å². The molecule has 2 saturated heterocycles. The fourth-order valence-corrected chi connectivity index (χ4v) is 6.63. The van der Waals surface area contributed by atoms with E-state index in [1.165, 1.54) is 28.1 Å². The lowest BCUT2D eigenvalue weighted by molar-refractivity contribution is -0.0436. The third-order valence-corrected chi connectivity index (χ3v) is 8.63. The van der Waals surface area contributed by atoms with E-state index >= 15 is 8.78 Å². The van der Waals surface area contributed by atoms with Crippen LogP contribution in [0, 0.1) is 0 Å². The molecule has 0 bridgehead atoms. The molecule has 2 aliphatic rings. The number of fused-ring (bicyclic) bond motifs is 2. The minimum atomic E-state index is -3.14. The quantitative estimate of drug-likeness (QED) is 0.0598. The summed E-state index contributed by atoms with van der Waals surface area (Å²) in [5.74, 6) is 0.116. The predicted octanol–water partition coefficient (Wildman–Crippen LogP) is 1.06. The Morgan fingerprint density at radius 2 is 1.57 bits per heavy atom. The van der Waals surface area contributed by atoms with Crippen molar-refractivity contribution in [2.24, 2.45) is 0 Å². The van der Waals surface area contributed by atoms with E-state index in [2.05, 4.69) is 47.5 Å². The first-order valence-electron chi connectivity index (χ1n) is 14.3. The zero-order valence-electron chi connectivity index (χ0n) is 24.8. The topological polar surface area (TPSA) is 266 Å². The van der Waals surface area contributed by atoms with Crippen molar-refractivity contribution in [3.8, 4) is 5.88 Å². The number of hydrogen-bond acceptors (Lipinski definition) is 17. The number of halogens is 2. The maximum absolute atomic E-state index is 15.3. The highest BCUT2D eigenvalue weighted by atomic mass is 32.7. The molecule has 6 rings (SSSR count). The van der Waals surface area contributed by atoms with Gasteiger partial charge in [0, 0.05) is 11.1 Å². The number of nitrogens with one attached hydrogen (secondary N) is 1. The summed E-state index contributed by atoms with van der Waals surface area (Å²) in [4.78, 5) is 34.1. The number of nitrogens with zero attached hydrogens (tertiary/aromatic N) is 8. The van der Waals surface area contributed by atoms with Crippen LogP contribution >= 0.6 is 27.7 Å². The largest absolute Gasteiger partial charge is 0.695 e. The van der Waals surface area contributed by atoms with Crippen LogP contribution < -0.4 is 15.8 Å². The molecular formula is C24H28F2N10O10P2S+2. The lowest BCUT2D eigenvalue weighted by Crippen LogP contribution is -2.32. The van der Waals surface area contributed by atoms with E-state index in [1.54, 1.807) is 12.2 Å². The first kappa shape index (κ1) is 35.2. The number of aliphatic hydroxyl groups is 2. The van der Waals surface area contributed by atoms with Crippen molar-refractivity contribution in [3.63, 3.8) is 0 Å². The van der Waals surface area contributed by atoms with E-state index in [0.717, 1.165) is 0 Å². The van der Waals surface area contributed by atoms with E-state index in [4.69, 9.17) is 33.9 Å². The molecule has 0 aromatic carbocycles. The summed E-state index contributed by atoms with van der Waals surface area (Å²) >= 11 is 3.66. The first-order valence-corrected chi connectivity index (χ1v) is 17.7. The number of anilines is 2. The number of thiol groups is 1. The van der Waals surface area contributed by atoms with E-state index in [1.807, 2.05) is 0 Å². The van der Waals surface area contributed by atoms with E-state index in [0.29, 0.717) is 5.82 Å². The second-order valence-corrected chi connectivity index (χ2v) is 12.8. The molecule has 4 aromatic rings. The van der Waals surface area contributed by atoms with E-state index in [-0.39, 0.29) is 47.3 Å². The van der Waals surface area contributed by atoms with Crippen molar-refractivity contribution >= 4 is 61.8 Å². The number of alkyl halides is 2. The second-order valence-electron chi connectivity index (χ2n) is 10.4. The van der Waals surface area contributed by atoms with Gasteiger partial charge in [-0.2, -0.15) is 9.97 Å². The molecule has 2 aliphatic heterocycles. The molecule has 262 valence electrons. The Kier molecular flexibility index (Phi) is 10.8. The standard InChI is InChI=1S/C24H26F2N10O10P2S/c25-12-16(45-47(39)40)10(5-37)43-22(12)35-8-31-14-18(29-7-30-19(14)35)28-3-1-2-4-42-21-15-20(33-24(27)34-21)36(9-32-15)23-13(26)17(46-48(41)49)11(6-38)44-23/h1-2,7-13,16-17,22-23,37-38H,3-6H2,(H3-2,27,28,29,30,33,34,39,40,41,49)/p+2/b2-1+/t10?,11?,12-,13-,16-,17-,22?,23-/m1/s1. The zero-order chi connectivity index (χ0) is 34.8. The van der Waals surface area contributed by atoms with Crippen molar-refractivity contribution in [1.29, 1.82) is 0 Å². The number of rotatable bonds is 14. The van der Waals surface area contributed by atoms with Gasteiger partial charge in [-0.05, 0) is 10.6 Å². The molecule has 20 nitrogen and oxygen atoms in total. The van der Waals surface area contributed by atoms with Crippen LogP contribution in [0.5, 0.6) is 5.88 Å². The molecule has 2 fully saturated rings.